The average Bonchev–Trinajstić information content (AvgIpc) is 3.14. The van der Waals surface area contributed by atoms with Gasteiger partial charge in [-0.25, -0.2) is 10.1 Å². The highest BCUT2D eigenvalue weighted by Gasteiger charge is 2.32. The summed E-state index contributed by atoms with van der Waals surface area (Å²) in [5.41, 5.74) is 6.33. The lowest BCUT2D eigenvalue weighted by atomic mass is 10.1. The summed E-state index contributed by atoms with van der Waals surface area (Å²) in [6, 6.07) is -1.02. The number of esters is 1. The number of nitrogens with two attached hydrogens (primary N) is 1. The van der Waals surface area contributed by atoms with Crippen LogP contribution in [0, 0.1) is 0 Å². The van der Waals surface area contributed by atoms with Crippen molar-refractivity contribution in [3.63, 3.8) is 0 Å². The standard InChI is InChI=1S/C18H30ClN6O8P/c1-9(2)33-17(28)10(3)24-34(19,29)32-6-12(14(27)11(4)26)31-8-25-7-21-13-15(25)22-18(20)23-16(13)30-5/h7,9-12,14,26-27H,6,8H2,1-5H3,(H,24,29)(H2,20,22,23). The molecule has 5 N–H and O–H groups in total. The number of hydrogen-bond acceptors (Lipinski definition) is 12. The first-order valence-corrected chi connectivity index (χ1v) is 12.8. The number of ether oxygens (including phenoxy) is 3. The van der Waals surface area contributed by atoms with Crippen molar-refractivity contribution in [2.45, 2.75) is 64.9 Å². The SMILES string of the molecule is COc1nc(N)nc2c1ncn2COC(COP(=O)(Cl)NC(C)C(=O)OC(C)C)C(O)C(C)O. The molecule has 14 nitrogen and oxygen atoms in total. The number of aliphatic hydroxyl groups is 2. The van der Waals surface area contributed by atoms with Crippen LogP contribution in [0.2, 0.25) is 0 Å². The molecule has 0 radical (unpaired) electrons. The summed E-state index contributed by atoms with van der Waals surface area (Å²) >= 11 is 5.92. The number of hydrogen-bond donors (Lipinski definition) is 4. The van der Waals surface area contributed by atoms with Gasteiger partial charge in [-0.2, -0.15) is 9.97 Å². The first-order valence-electron chi connectivity index (χ1n) is 10.3. The summed E-state index contributed by atoms with van der Waals surface area (Å²) in [5.74, 6) is -0.543. The molecule has 34 heavy (non-hydrogen) atoms. The number of rotatable bonds is 13. The Hall–Kier alpha value is -2.06. The molecule has 2 aromatic heterocycles. The third-order valence-corrected chi connectivity index (χ3v) is 6.17. The van der Waals surface area contributed by atoms with E-state index in [4.69, 9.17) is 35.7 Å². The smallest absolute Gasteiger partial charge is 0.361 e. The third kappa shape index (κ3) is 7.73. The molecule has 5 atom stereocenters. The second-order valence-electron chi connectivity index (χ2n) is 7.65. The maximum Gasteiger partial charge on any atom is 0.361 e. The van der Waals surface area contributed by atoms with Gasteiger partial charge in [0.2, 0.25) is 11.8 Å². The van der Waals surface area contributed by atoms with E-state index in [9.17, 15) is 19.6 Å². The number of methoxy groups -OCH3 is 1. The molecule has 16 heteroatoms. The summed E-state index contributed by atoms with van der Waals surface area (Å²) in [6.07, 6.45) is -2.79. The molecule has 5 unspecified atom stereocenters. The first-order chi connectivity index (χ1) is 15.8. The molecule has 0 saturated heterocycles. The molecule has 0 aliphatic rings. The molecule has 2 aromatic rings. The lowest BCUT2D eigenvalue weighted by Gasteiger charge is -2.26. The van der Waals surface area contributed by atoms with Crippen molar-refractivity contribution in [1.82, 2.24) is 24.6 Å². The number of anilines is 1. The quantitative estimate of drug-likeness (QED) is 0.212. The van der Waals surface area contributed by atoms with E-state index in [1.165, 1.54) is 31.9 Å². The van der Waals surface area contributed by atoms with Crippen LogP contribution in [0.5, 0.6) is 5.88 Å². The number of carbonyl (C=O) groups is 1. The molecule has 0 aliphatic heterocycles. The van der Waals surface area contributed by atoms with Crippen molar-refractivity contribution in [2.24, 2.45) is 0 Å². The number of nitrogen functional groups attached to an aromatic ring is 1. The lowest BCUT2D eigenvalue weighted by Crippen LogP contribution is -2.41. The van der Waals surface area contributed by atoms with Gasteiger partial charge in [-0.05, 0) is 38.9 Å². The topological polar surface area (TPSA) is 193 Å². The number of halogens is 1. The molecule has 0 amide bonds. The second kappa shape index (κ2) is 12.1. The van der Waals surface area contributed by atoms with E-state index in [1.807, 2.05) is 0 Å². The van der Waals surface area contributed by atoms with Gasteiger partial charge in [0.25, 0.3) is 0 Å². The van der Waals surface area contributed by atoms with Crippen LogP contribution < -0.4 is 15.6 Å². The Bertz CT molecular complexity index is 1020. The minimum atomic E-state index is -4.03. The van der Waals surface area contributed by atoms with Crippen LogP contribution in [-0.4, -0.2) is 79.9 Å². The third-order valence-electron chi connectivity index (χ3n) is 4.40. The van der Waals surface area contributed by atoms with E-state index in [1.54, 1.807) is 13.8 Å². The monoisotopic (exact) mass is 524 g/mol. The van der Waals surface area contributed by atoms with Gasteiger partial charge in [0.15, 0.2) is 11.2 Å². The van der Waals surface area contributed by atoms with Crippen molar-refractivity contribution in [2.75, 3.05) is 19.5 Å². The summed E-state index contributed by atoms with van der Waals surface area (Å²) in [5, 5.41) is 22.5. The van der Waals surface area contributed by atoms with E-state index >= 15 is 0 Å². The Morgan fingerprint density at radius 2 is 1.97 bits per heavy atom. The van der Waals surface area contributed by atoms with E-state index in [0.717, 1.165) is 0 Å². The number of aliphatic hydroxyl groups excluding tert-OH is 2. The molecule has 0 bridgehead atoms. The Morgan fingerprint density at radius 3 is 2.56 bits per heavy atom. The van der Waals surface area contributed by atoms with Crippen molar-refractivity contribution < 1.29 is 38.3 Å². The molecule has 2 rings (SSSR count). The fourth-order valence-electron chi connectivity index (χ4n) is 2.73. The van der Waals surface area contributed by atoms with Gasteiger partial charge in [-0.1, -0.05) is 0 Å². The van der Waals surface area contributed by atoms with Gasteiger partial charge in [0.1, 0.15) is 25.0 Å². The fraction of sp³-hybridized carbons (Fsp3) is 0.667. The number of imidazole rings is 1. The van der Waals surface area contributed by atoms with Crippen LogP contribution >= 0.6 is 18.1 Å². The van der Waals surface area contributed by atoms with Crippen LogP contribution in [0.25, 0.3) is 11.2 Å². The second-order valence-corrected chi connectivity index (χ2v) is 10.5. The predicted octanol–water partition coefficient (Wildman–Crippen LogP) is 0.795. The number of aromatic nitrogens is 4. The number of nitrogens with one attached hydrogen (secondary N) is 1. The zero-order valence-electron chi connectivity index (χ0n) is 19.4. The number of nitrogens with zero attached hydrogens (tertiary/aromatic N) is 4. The van der Waals surface area contributed by atoms with Crippen LogP contribution in [0.4, 0.5) is 5.95 Å². The zero-order chi connectivity index (χ0) is 25.6. The largest absolute Gasteiger partial charge is 0.479 e. The van der Waals surface area contributed by atoms with Gasteiger partial charge in [0, 0.05) is 0 Å². The van der Waals surface area contributed by atoms with E-state index in [-0.39, 0.29) is 24.7 Å². The number of fused-ring (bicyclic) bond motifs is 1. The number of carbonyl (C=O) groups excluding carboxylic acids is 1. The molecule has 192 valence electrons. The van der Waals surface area contributed by atoms with Gasteiger partial charge < -0.3 is 34.7 Å². The van der Waals surface area contributed by atoms with Crippen LogP contribution in [0.3, 0.4) is 0 Å². The average molecular weight is 525 g/mol. The normalized spacial score (nSPS) is 17.2. The van der Waals surface area contributed by atoms with Gasteiger partial charge >= 0.3 is 12.8 Å². The van der Waals surface area contributed by atoms with Crippen LogP contribution in [0.15, 0.2) is 6.33 Å². The highest BCUT2D eigenvalue weighted by molar-refractivity contribution is 7.83. The molecular formula is C18H30ClN6O8P. The molecule has 0 aromatic carbocycles. The van der Waals surface area contributed by atoms with Crippen LogP contribution in [-0.2, 0) is 30.1 Å². The minimum Gasteiger partial charge on any atom is -0.479 e. The Morgan fingerprint density at radius 1 is 1.29 bits per heavy atom. The van der Waals surface area contributed by atoms with Gasteiger partial charge in [-0.15, -0.1) is 0 Å². The molecule has 0 saturated carbocycles. The Balaban J connectivity index is 2.09. The summed E-state index contributed by atoms with van der Waals surface area (Å²) < 4.78 is 35.1. The predicted molar refractivity (Wildman–Crippen MR) is 122 cm³/mol. The first kappa shape index (κ1) is 28.2. The van der Waals surface area contributed by atoms with Gasteiger partial charge in [0.05, 0.1) is 32.3 Å². The Kier molecular flexibility index (Phi) is 10.0. The molecular weight excluding hydrogens is 495 g/mol. The van der Waals surface area contributed by atoms with Crippen LogP contribution in [0.1, 0.15) is 27.7 Å². The highest BCUT2D eigenvalue weighted by Crippen LogP contribution is 2.48. The maximum absolute atomic E-state index is 12.6. The van der Waals surface area contributed by atoms with Crippen molar-refractivity contribution >= 4 is 41.2 Å². The van der Waals surface area contributed by atoms with Crippen molar-refractivity contribution in [1.29, 1.82) is 0 Å². The van der Waals surface area contributed by atoms with E-state index in [2.05, 4.69) is 20.0 Å². The van der Waals surface area contributed by atoms with E-state index < -0.39 is 43.8 Å². The van der Waals surface area contributed by atoms with Crippen molar-refractivity contribution in [3.8, 4) is 5.88 Å². The molecule has 0 spiro atoms. The Labute approximate surface area is 201 Å². The lowest BCUT2D eigenvalue weighted by molar-refractivity contribution is -0.149. The summed E-state index contributed by atoms with van der Waals surface area (Å²) in [6.45, 7) is 1.36. The highest BCUT2D eigenvalue weighted by atomic mass is 35.7. The maximum atomic E-state index is 12.6. The van der Waals surface area contributed by atoms with E-state index in [0.29, 0.717) is 11.2 Å². The van der Waals surface area contributed by atoms with Crippen molar-refractivity contribution in [3.05, 3.63) is 6.33 Å². The molecule has 2 heterocycles. The summed E-state index contributed by atoms with van der Waals surface area (Å²) in [7, 11) is 1.41. The summed E-state index contributed by atoms with van der Waals surface area (Å²) in [4.78, 5) is 24.1. The molecule has 0 aliphatic carbocycles. The fourth-order valence-corrected chi connectivity index (χ4v) is 4.32. The van der Waals surface area contributed by atoms with Gasteiger partial charge in [-0.3, -0.25) is 13.9 Å². The zero-order valence-corrected chi connectivity index (χ0v) is 21.1. The minimum absolute atomic E-state index is 0.0470. The molecule has 0 fully saturated rings.